The van der Waals surface area contributed by atoms with Crippen LogP contribution in [0.5, 0.6) is 0 Å². The van der Waals surface area contributed by atoms with Crippen LogP contribution in [0.1, 0.15) is 30.0 Å². The Morgan fingerprint density at radius 3 is 2.00 bits per heavy atom. The molecule has 0 aliphatic heterocycles. The predicted molar refractivity (Wildman–Crippen MR) is 85.8 cm³/mol. The van der Waals surface area contributed by atoms with Crippen LogP contribution >= 0.6 is 27.0 Å². The van der Waals surface area contributed by atoms with Crippen molar-refractivity contribution in [1.29, 1.82) is 0 Å². The predicted octanol–water partition coefficient (Wildman–Crippen LogP) is -6.91. The zero-order chi connectivity index (χ0) is 16.9. The molecule has 5 N–H and O–H groups in total. The molecule has 1 rings (SSSR count). The quantitative estimate of drug-likeness (QED) is 0.109. The third kappa shape index (κ3) is 10.9. The van der Waals surface area contributed by atoms with Crippen LogP contribution in [0.3, 0.4) is 0 Å². The molecule has 0 bridgehead atoms. The average molecular weight is 443 g/mol. The molecule has 0 spiro atoms. The summed E-state index contributed by atoms with van der Waals surface area (Å²) in [7, 11) is -10.7. The standard InChI is InChI=1S/C11H19NO7P2S.3Na.3H/c13-11(20(14,15)16,21(17,18)19)7-3-1-5-9-22-10-6-2-4-8-12-10;;;;;;/h2,4,6,8,13H,1,3,5,7,9H2,(H2,14,15,16)(H2,17,18,19);;;;;;/q;3*+1;3*-1. The van der Waals surface area contributed by atoms with E-state index >= 15 is 0 Å². The summed E-state index contributed by atoms with van der Waals surface area (Å²) in [6.45, 7) is 0. The van der Waals surface area contributed by atoms with Gasteiger partial charge in [0.15, 0.2) is 0 Å². The molecule has 1 aromatic heterocycles. The van der Waals surface area contributed by atoms with Crippen LogP contribution < -0.4 is 88.7 Å². The number of pyridine rings is 1. The molecule has 25 heavy (non-hydrogen) atoms. The summed E-state index contributed by atoms with van der Waals surface area (Å²) in [4.78, 5) is 40.0. The second-order valence-corrected chi connectivity index (χ2v) is 9.81. The minimum atomic E-state index is -5.34. The average Bonchev–Trinajstić information content (AvgIpc) is 2.41. The van der Waals surface area contributed by atoms with Gasteiger partial charge < -0.3 is 29.0 Å². The number of hydrogen-bond donors (Lipinski definition) is 5. The molecule has 0 radical (unpaired) electrons. The SMILES string of the molecule is O=P(O)(O)C(O)(CCCCCSc1ccccn1)P(=O)(O)O.[H-].[H-].[H-].[Na+].[Na+].[Na+]. The van der Waals surface area contributed by atoms with Gasteiger partial charge in [0.25, 0.3) is 5.08 Å². The maximum atomic E-state index is 11.1. The smallest absolute Gasteiger partial charge is 1.00 e. The monoisotopic (exact) mass is 443 g/mol. The molecule has 0 aliphatic carbocycles. The van der Waals surface area contributed by atoms with Gasteiger partial charge in [-0.3, -0.25) is 9.13 Å². The topological polar surface area (TPSA) is 148 Å². The number of thioether (sulfide) groups is 1. The number of aromatic nitrogens is 1. The molecule has 0 atom stereocenters. The summed E-state index contributed by atoms with van der Waals surface area (Å²) in [5.41, 5.74) is 0. The molecule has 14 heteroatoms. The van der Waals surface area contributed by atoms with E-state index in [4.69, 9.17) is 19.6 Å². The molecule has 0 saturated heterocycles. The van der Waals surface area contributed by atoms with E-state index in [1.807, 2.05) is 12.1 Å². The first-order valence-corrected chi connectivity index (χ1v) is 10.7. The normalized spacial score (nSPS) is 11.7. The molecular formula is C11H22NNa3O7P2S. The van der Waals surface area contributed by atoms with E-state index in [-0.39, 0.29) is 99.4 Å². The van der Waals surface area contributed by atoms with Crippen LogP contribution in [0.15, 0.2) is 29.4 Å². The molecule has 0 fully saturated rings. The van der Waals surface area contributed by atoms with E-state index in [1.54, 1.807) is 12.3 Å². The maximum Gasteiger partial charge on any atom is 1.00 e. The Kier molecular flexibility index (Phi) is 19.1. The Labute approximate surface area is 222 Å². The van der Waals surface area contributed by atoms with Crippen molar-refractivity contribution in [2.75, 3.05) is 5.75 Å². The van der Waals surface area contributed by atoms with Crippen molar-refractivity contribution in [1.82, 2.24) is 4.98 Å². The molecule has 1 aromatic rings. The van der Waals surface area contributed by atoms with Crippen LogP contribution in [-0.2, 0) is 9.13 Å². The summed E-state index contributed by atoms with van der Waals surface area (Å²) >= 11 is 1.51. The Morgan fingerprint density at radius 1 is 1.00 bits per heavy atom. The van der Waals surface area contributed by atoms with Gasteiger partial charge in [-0.1, -0.05) is 12.5 Å². The first-order chi connectivity index (χ1) is 10.1. The third-order valence-electron chi connectivity index (χ3n) is 2.98. The summed E-state index contributed by atoms with van der Waals surface area (Å²) in [5.74, 6) is 0.710. The van der Waals surface area contributed by atoms with Crippen LogP contribution in [-0.4, -0.2) is 40.5 Å². The Bertz CT molecular complexity index is 564. The number of rotatable bonds is 9. The zero-order valence-electron chi connectivity index (χ0n) is 17.6. The number of aliphatic hydroxyl groups is 1. The van der Waals surface area contributed by atoms with Gasteiger partial charge in [0, 0.05) is 6.20 Å². The van der Waals surface area contributed by atoms with Crippen molar-refractivity contribution in [2.45, 2.75) is 35.8 Å². The van der Waals surface area contributed by atoms with Crippen molar-refractivity contribution in [3.8, 4) is 0 Å². The van der Waals surface area contributed by atoms with E-state index < -0.39 is 26.7 Å². The van der Waals surface area contributed by atoms with Gasteiger partial charge in [0.2, 0.25) is 0 Å². The Balaban J connectivity index is -0.000000202. The Hall–Kier alpha value is 2.76. The molecule has 0 aliphatic rings. The molecule has 132 valence electrons. The number of unbranched alkanes of at least 4 members (excludes halogenated alkanes) is 2. The van der Waals surface area contributed by atoms with E-state index in [9.17, 15) is 14.2 Å². The Morgan fingerprint density at radius 2 is 1.56 bits per heavy atom. The minimum Gasteiger partial charge on any atom is -1.00 e. The van der Waals surface area contributed by atoms with Gasteiger partial charge in [-0.15, -0.1) is 11.8 Å². The summed E-state index contributed by atoms with van der Waals surface area (Å²) in [6, 6.07) is 5.51. The van der Waals surface area contributed by atoms with E-state index in [0.717, 1.165) is 5.03 Å². The first kappa shape index (κ1) is 32.4. The van der Waals surface area contributed by atoms with Crippen LogP contribution in [0.4, 0.5) is 0 Å². The summed E-state index contributed by atoms with van der Waals surface area (Å²) in [5, 5.41) is 7.23. The summed E-state index contributed by atoms with van der Waals surface area (Å²) in [6.07, 6.45) is 2.25. The van der Waals surface area contributed by atoms with Crippen LogP contribution in [0.25, 0.3) is 0 Å². The second-order valence-electron chi connectivity index (χ2n) is 4.69. The van der Waals surface area contributed by atoms with Crippen molar-refractivity contribution < 1.29 is 127 Å². The molecular weight excluding hydrogens is 421 g/mol. The van der Waals surface area contributed by atoms with Gasteiger partial charge in [0.05, 0.1) is 5.03 Å². The van der Waals surface area contributed by atoms with Crippen molar-refractivity contribution >= 4 is 27.0 Å². The molecule has 8 nitrogen and oxygen atoms in total. The molecule has 0 unspecified atom stereocenters. The molecule has 0 saturated carbocycles. The maximum absolute atomic E-state index is 11.1. The fraction of sp³-hybridized carbons (Fsp3) is 0.545. The van der Waals surface area contributed by atoms with Crippen LogP contribution in [0, 0.1) is 0 Å². The zero-order valence-corrected chi connectivity index (χ0v) is 23.3. The number of nitrogens with zero attached hydrogens (tertiary/aromatic N) is 1. The van der Waals surface area contributed by atoms with Gasteiger partial charge in [-0.05, 0) is 37.1 Å². The minimum absolute atomic E-state index is 0. The summed E-state index contributed by atoms with van der Waals surface area (Å²) < 4.78 is 22.3. The van der Waals surface area contributed by atoms with Crippen molar-refractivity contribution in [3.05, 3.63) is 24.4 Å². The van der Waals surface area contributed by atoms with E-state index in [1.165, 1.54) is 11.8 Å². The third-order valence-corrected chi connectivity index (χ3v) is 7.88. The molecule has 0 amide bonds. The van der Waals surface area contributed by atoms with Gasteiger partial charge >= 0.3 is 104 Å². The molecule has 1 heterocycles. The largest absolute Gasteiger partial charge is 1.00 e. The van der Waals surface area contributed by atoms with E-state index in [2.05, 4.69) is 4.98 Å². The fourth-order valence-corrected chi connectivity index (χ4v) is 4.84. The molecule has 0 aromatic carbocycles. The van der Waals surface area contributed by atoms with Crippen LogP contribution in [0.2, 0.25) is 0 Å². The first-order valence-electron chi connectivity index (χ1n) is 6.45. The van der Waals surface area contributed by atoms with Gasteiger partial charge in [0.1, 0.15) is 0 Å². The second kappa shape index (κ2) is 14.7. The van der Waals surface area contributed by atoms with Crippen molar-refractivity contribution in [2.24, 2.45) is 0 Å². The van der Waals surface area contributed by atoms with Gasteiger partial charge in [-0.25, -0.2) is 4.98 Å². The van der Waals surface area contributed by atoms with Gasteiger partial charge in [-0.2, -0.15) is 0 Å². The number of hydrogen-bond acceptors (Lipinski definition) is 5. The fourth-order valence-electron chi connectivity index (χ4n) is 1.71. The van der Waals surface area contributed by atoms with E-state index in [0.29, 0.717) is 18.6 Å². The van der Waals surface area contributed by atoms with Crippen molar-refractivity contribution in [3.63, 3.8) is 0 Å².